The van der Waals surface area contributed by atoms with E-state index in [1.165, 1.54) is 4.90 Å². The highest BCUT2D eigenvalue weighted by molar-refractivity contribution is 7.99. The van der Waals surface area contributed by atoms with E-state index in [0.29, 0.717) is 13.0 Å². The molecule has 0 heterocycles. The summed E-state index contributed by atoms with van der Waals surface area (Å²) in [7, 11) is 0. The van der Waals surface area contributed by atoms with Crippen LogP contribution in [-0.4, -0.2) is 23.4 Å². The highest BCUT2D eigenvalue weighted by Gasteiger charge is 2.15. The molecule has 1 aromatic carbocycles. The van der Waals surface area contributed by atoms with Crippen LogP contribution in [-0.2, 0) is 0 Å². The lowest BCUT2D eigenvalue weighted by atomic mass is 10.0. The van der Waals surface area contributed by atoms with Gasteiger partial charge in [-0.25, -0.2) is 0 Å². The zero-order valence-electron chi connectivity index (χ0n) is 10.3. The first-order valence-corrected chi connectivity index (χ1v) is 7.04. The Bertz CT molecular complexity index is 316. The van der Waals surface area contributed by atoms with Gasteiger partial charge in [0.2, 0.25) is 0 Å². The number of benzene rings is 1. The molecule has 0 saturated carbocycles. The fraction of sp³-hybridized carbons (Fsp3) is 0.538. The number of hydrogen-bond donors (Lipinski definition) is 3. The van der Waals surface area contributed by atoms with Crippen LogP contribution in [0.3, 0.4) is 0 Å². The number of hydrogen-bond acceptors (Lipinski definition) is 4. The van der Waals surface area contributed by atoms with Crippen molar-refractivity contribution in [3.05, 3.63) is 29.8 Å². The summed E-state index contributed by atoms with van der Waals surface area (Å²) in [6, 6.07) is 7.68. The molecule has 0 aromatic heterocycles. The molecule has 4 heteroatoms. The molecule has 0 radical (unpaired) electrons. The van der Waals surface area contributed by atoms with E-state index in [1.54, 1.807) is 0 Å². The maximum absolute atomic E-state index is 10.00. The van der Waals surface area contributed by atoms with Gasteiger partial charge in [0.1, 0.15) is 0 Å². The van der Waals surface area contributed by atoms with Gasteiger partial charge >= 0.3 is 0 Å². The van der Waals surface area contributed by atoms with Gasteiger partial charge < -0.3 is 16.6 Å². The zero-order valence-corrected chi connectivity index (χ0v) is 11.1. The summed E-state index contributed by atoms with van der Waals surface area (Å²) >= 11 is 1.83. The third-order valence-corrected chi connectivity index (χ3v) is 3.82. The number of nitrogens with two attached hydrogens (primary N) is 2. The summed E-state index contributed by atoms with van der Waals surface area (Å²) < 4.78 is 0. The Hall–Kier alpha value is -0.550. The molecular weight excluding hydrogens is 232 g/mol. The molecule has 1 rings (SSSR count). The number of aliphatic hydroxyl groups is 1. The summed E-state index contributed by atoms with van der Waals surface area (Å²) in [5.74, 6) is 1.12. The van der Waals surface area contributed by atoms with E-state index in [-0.39, 0.29) is 6.04 Å². The third kappa shape index (κ3) is 4.68. The van der Waals surface area contributed by atoms with Gasteiger partial charge in [-0.05, 0) is 42.8 Å². The zero-order chi connectivity index (χ0) is 12.7. The van der Waals surface area contributed by atoms with Gasteiger partial charge in [-0.15, -0.1) is 11.8 Å². The third-order valence-electron chi connectivity index (χ3n) is 2.60. The number of rotatable bonds is 7. The standard InChI is InChI=1S/C13H22N2OS/c1-2-9-17-11-5-3-10(4-6-11)13(16)12(15)7-8-14/h3-6,12-13,16H,2,7-9,14-15H2,1H3. The molecule has 2 unspecified atom stereocenters. The largest absolute Gasteiger partial charge is 0.387 e. The summed E-state index contributed by atoms with van der Waals surface area (Å²) in [5, 5.41) is 10.00. The molecule has 0 amide bonds. The molecule has 5 N–H and O–H groups in total. The minimum Gasteiger partial charge on any atom is -0.387 e. The van der Waals surface area contributed by atoms with E-state index in [0.717, 1.165) is 17.7 Å². The minimum absolute atomic E-state index is 0.283. The van der Waals surface area contributed by atoms with Crippen LogP contribution in [0.15, 0.2) is 29.2 Å². The van der Waals surface area contributed by atoms with Crippen LogP contribution < -0.4 is 11.5 Å². The molecule has 0 spiro atoms. The predicted molar refractivity (Wildman–Crippen MR) is 74.1 cm³/mol. The lowest BCUT2D eigenvalue weighted by molar-refractivity contribution is 0.143. The maximum atomic E-state index is 10.00. The van der Waals surface area contributed by atoms with Gasteiger partial charge in [-0.3, -0.25) is 0 Å². The lowest BCUT2D eigenvalue weighted by Gasteiger charge is -2.18. The molecule has 0 aliphatic heterocycles. The summed E-state index contributed by atoms with van der Waals surface area (Å²) in [5.41, 5.74) is 12.1. The van der Waals surface area contributed by atoms with Crippen molar-refractivity contribution < 1.29 is 5.11 Å². The first kappa shape index (κ1) is 14.5. The average molecular weight is 254 g/mol. The lowest BCUT2D eigenvalue weighted by Crippen LogP contribution is -2.30. The van der Waals surface area contributed by atoms with Crippen LogP contribution in [0.25, 0.3) is 0 Å². The molecule has 2 atom stereocenters. The molecule has 0 aliphatic rings. The predicted octanol–water partition coefficient (Wildman–Crippen LogP) is 1.90. The molecule has 3 nitrogen and oxygen atoms in total. The van der Waals surface area contributed by atoms with Gasteiger partial charge in [-0.2, -0.15) is 0 Å². The highest BCUT2D eigenvalue weighted by atomic mass is 32.2. The Kier molecular flexibility index (Phi) is 6.58. The fourth-order valence-electron chi connectivity index (χ4n) is 1.58. The smallest absolute Gasteiger partial charge is 0.0941 e. The van der Waals surface area contributed by atoms with E-state index < -0.39 is 6.10 Å². The van der Waals surface area contributed by atoms with Crippen LogP contribution in [0.1, 0.15) is 31.4 Å². The second kappa shape index (κ2) is 7.71. The Labute approximate surface area is 108 Å². The summed E-state index contributed by atoms with van der Waals surface area (Å²) in [4.78, 5) is 1.23. The minimum atomic E-state index is -0.622. The second-order valence-electron chi connectivity index (χ2n) is 4.10. The van der Waals surface area contributed by atoms with Crippen molar-refractivity contribution in [1.29, 1.82) is 0 Å². The highest BCUT2D eigenvalue weighted by Crippen LogP contribution is 2.23. The van der Waals surface area contributed by atoms with Crippen LogP contribution in [0.4, 0.5) is 0 Å². The second-order valence-corrected chi connectivity index (χ2v) is 5.27. The SMILES string of the molecule is CCCSc1ccc(C(O)C(N)CCN)cc1. The quantitative estimate of drug-likeness (QED) is 0.650. The van der Waals surface area contributed by atoms with E-state index >= 15 is 0 Å². The molecule has 0 aliphatic carbocycles. The van der Waals surface area contributed by atoms with Crippen molar-refractivity contribution in [2.24, 2.45) is 11.5 Å². The van der Waals surface area contributed by atoms with Gasteiger partial charge in [0.05, 0.1) is 6.10 Å². The van der Waals surface area contributed by atoms with Gasteiger partial charge in [0, 0.05) is 10.9 Å². The summed E-state index contributed by atoms with van der Waals surface area (Å²) in [6.07, 6.45) is 1.17. The Morgan fingerprint density at radius 3 is 2.47 bits per heavy atom. The normalized spacial score (nSPS) is 14.6. The van der Waals surface area contributed by atoms with E-state index in [1.807, 2.05) is 36.0 Å². The van der Waals surface area contributed by atoms with Crippen molar-refractivity contribution in [3.8, 4) is 0 Å². The van der Waals surface area contributed by atoms with Crippen molar-refractivity contribution in [2.75, 3.05) is 12.3 Å². The fourth-order valence-corrected chi connectivity index (χ4v) is 2.35. The monoisotopic (exact) mass is 254 g/mol. The Balaban J connectivity index is 2.60. The van der Waals surface area contributed by atoms with E-state index in [9.17, 15) is 5.11 Å². The van der Waals surface area contributed by atoms with Gasteiger partial charge in [0.15, 0.2) is 0 Å². The molecule has 0 fully saturated rings. The van der Waals surface area contributed by atoms with Crippen molar-refractivity contribution >= 4 is 11.8 Å². The topological polar surface area (TPSA) is 72.3 Å². The molecule has 17 heavy (non-hydrogen) atoms. The van der Waals surface area contributed by atoms with Crippen LogP contribution in [0, 0.1) is 0 Å². The van der Waals surface area contributed by atoms with E-state index in [4.69, 9.17) is 11.5 Å². The average Bonchev–Trinajstić information content (AvgIpc) is 2.36. The molecule has 1 aromatic rings. The molecular formula is C13H22N2OS. The van der Waals surface area contributed by atoms with Gasteiger partial charge in [-0.1, -0.05) is 19.1 Å². The summed E-state index contributed by atoms with van der Waals surface area (Å²) in [6.45, 7) is 2.67. The van der Waals surface area contributed by atoms with Crippen molar-refractivity contribution in [2.45, 2.75) is 36.8 Å². The Morgan fingerprint density at radius 1 is 1.29 bits per heavy atom. The number of aliphatic hydroxyl groups excluding tert-OH is 1. The van der Waals surface area contributed by atoms with Crippen LogP contribution >= 0.6 is 11.8 Å². The first-order chi connectivity index (χ1) is 8.19. The molecule has 0 saturated heterocycles. The van der Waals surface area contributed by atoms with Crippen LogP contribution in [0.5, 0.6) is 0 Å². The number of thioether (sulfide) groups is 1. The van der Waals surface area contributed by atoms with Crippen molar-refractivity contribution in [1.82, 2.24) is 0 Å². The van der Waals surface area contributed by atoms with Crippen molar-refractivity contribution in [3.63, 3.8) is 0 Å². The molecule has 0 bridgehead atoms. The van der Waals surface area contributed by atoms with Gasteiger partial charge in [0.25, 0.3) is 0 Å². The first-order valence-electron chi connectivity index (χ1n) is 6.05. The Morgan fingerprint density at radius 2 is 1.94 bits per heavy atom. The van der Waals surface area contributed by atoms with Crippen LogP contribution in [0.2, 0.25) is 0 Å². The molecule has 96 valence electrons. The van der Waals surface area contributed by atoms with E-state index in [2.05, 4.69) is 6.92 Å². The maximum Gasteiger partial charge on any atom is 0.0941 e.